The Balaban J connectivity index is 1.29. The summed E-state index contributed by atoms with van der Waals surface area (Å²) in [5, 5.41) is 5.61. The summed E-state index contributed by atoms with van der Waals surface area (Å²) in [4.78, 5) is 29.4. The molecule has 4 rings (SSSR count). The summed E-state index contributed by atoms with van der Waals surface area (Å²) in [5.74, 6) is 0.432. The molecule has 37 heavy (non-hydrogen) atoms. The summed E-state index contributed by atoms with van der Waals surface area (Å²) in [5.41, 5.74) is 7.72. The summed E-state index contributed by atoms with van der Waals surface area (Å²) >= 11 is 7.23. The Morgan fingerprint density at radius 1 is 0.919 bits per heavy atom. The highest BCUT2D eigenvalue weighted by molar-refractivity contribution is 7.14. The lowest BCUT2D eigenvalue weighted by atomic mass is 10.0. The van der Waals surface area contributed by atoms with Crippen LogP contribution >= 0.6 is 22.9 Å². The van der Waals surface area contributed by atoms with E-state index in [1.165, 1.54) is 11.3 Å². The molecule has 0 aliphatic heterocycles. The van der Waals surface area contributed by atoms with Crippen molar-refractivity contribution in [3.05, 3.63) is 113 Å². The van der Waals surface area contributed by atoms with Crippen molar-refractivity contribution < 1.29 is 14.3 Å². The van der Waals surface area contributed by atoms with Crippen molar-refractivity contribution in [3.8, 4) is 17.0 Å². The summed E-state index contributed by atoms with van der Waals surface area (Å²) in [6.07, 6.45) is 0. The Morgan fingerprint density at radius 2 is 1.54 bits per heavy atom. The number of thiazole rings is 1. The molecule has 0 fully saturated rings. The first-order valence-corrected chi connectivity index (χ1v) is 12.6. The van der Waals surface area contributed by atoms with E-state index in [9.17, 15) is 9.59 Å². The fourth-order valence-corrected chi connectivity index (χ4v) is 4.12. The molecule has 0 saturated carbocycles. The van der Waals surface area contributed by atoms with E-state index in [4.69, 9.17) is 16.3 Å². The molecule has 0 aliphatic rings. The third kappa shape index (κ3) is 6.75. The minimum absolute atomic E-state index is 0.111. The number of nitrogens with one attached hydrogen (secondary N) is 3. The number of ether oxygens (including phenoxy) is 1. The number of hydrazine groups is 1. The van der Waals surface area contributed by atoms with Crippen LogP contribution in [0, 0.1) is 0 Å². The molecule has 2 amide bonds. The first kappa shape index (κ1) is 25.9. The fourth-order valence-electron chi connectivity index (χ4n) is 3.28. The number of hydrogen-bond donors (Lipinski definition) is 3. The molecule has 3 aromatic carbocycles. The van der Waals surface area contributed by atoms with Gasteiger partial charge in [-0.05, 0) is 62.4 Å². The Labute approximate surface area is 224 Å². The Kier molecular flexibility index (Phi) is 7.91. The average Bonchev–Trinajstić information content (AvgIpc) is 3.36. The number of hydrogen-bond acceptors (Lipinski definition) is 6. The second kappa shape index (κ2) is 11.3. The van der Waals surface area contributed by atoms with E-state index in [-0.39, 0.29) is 5.78 Å². The van der Waals surface area contributed by atoms with Crippen molar-refractivity contribution in [1.29, 1.82) is 0 Å². The molecule has 1 aromatic heterocycles. The Hall–Kier alpha value is -4.14. The van der Waals surface area contributed by atoms with E-state index in [0.29, 0.717) is 32.7 Å². The Bertz CT molecular complexity index is 1400. The molecule has 0 aliphatic carbocycles. The molecule has 0 unspecified atom stereocenters. The van der Waals surface area contributed by atoms with Crippen LogP contribution in [0.3, 0.4) is 0 Å². The van der Waals surface area contributed by atoms with Crippen molar-refractivity contribution in [2.75, 3.05) is 5.32 Å². The maximum absolute atomic E-state index is 12.7. The van der Waals surface area contributed by atoms with E-state index in [0.717, 1.165) is 11.3 Å². The van der Waals surface area contributed by atoms with Gasteiger partial charge in [0.2, 0.25) is 0 Å². The molecule has 0 spiro atoms. The lowest BCUT2D eigenvalue weighted by Gasteiger charge is -2.29. The van der Waals surface area contributed by atoms with Gasteiger partial charge in [-0.15, -0.1) is 11.3 Å². The first-order chi connectivity index (χ1) is 17.7. The van der Waals surface area contributed by atoms with Gasteiger partial charge in [0.25, 0.3) is 0 Å². The van der Waals surface area contributed by atoms with Crippen molar-refractivity contribution in [1.82, 2.24) is 15.8 Å². The number of benzene rings is 3. The van der Waals surface area contributed by atoms with Crippen LogP contribution in [0.15, 0.2) is 96.5 Å². The Morgan fingerprint density at radius 3 is 2.19 bits per heavy atom. The van der Waals surface area contributed by atoms with Crippen molar-refractivity contribution in [2.45, 2.75) is 19.4 Å². The van der Waals surface area contributed by atoms with Gasteiger partial charge in [0, 0.05) is 27.1 Å². The molecule has 3 N–H and O–H groups in total. The quantitative estimate of drug-likeness (QED) is 0.165. The summed E-state index contributed by atoms with van der Waals surface area (Å²) in [6.45, 7) is 7.60. The second-order valence-corrected chi connectivity index (χ2v) is 9.85. The van der Waals surface area contributed by atoms with Crippen LogP contribution in [0.2, 0.25) is 5.02 Å². The number of urea groups is 1. The molecular weight excluding hydrogens is 508 g/mol. The maximum Gasteiger partial charge on any atom is 0.339 e. The van der Waals surface area contributed by atoms with Crippen LogP contribution in [-0.4, -0.2) is 22.4 Å². The lowest BCUT2D eigenvalue weighted by Crippen LogP contribution is -2.46. The molecular formula is C28H25ClN4O3S. The van der Waals surface area contributed by atoms with E-state index < -0.39 is 11.6 Å². The highest BCUT2D eigenvalue weighted by Gasteiger charge is 2.25. The number of nitrogens with zero attached hydrogens (tertiary/aromatic N) is 1. The average molecular weight is 533 g/mol. The number of ketones is 1. The van der Waals surface area contributed by atoms with Crippen molar-refractivity contribution in [2.24, 2.45) is 0 Å². The number of rotatable bonds is 9. The molecule has 9 heteroatoms. The molecule has 0 atom stereocenters. The van der Waals surface area contributed by atoms with Gasteiger partial charge >= 0.3 is 6.03 Å². The van der Waals surface area contributed by atoms with E-state index in [1.54, 1.807) is 48.5 Å². The van der Waals surface area contributed by atoms with E-state index in [2.05, 4.69) is 27.7 Å². The normalized spacial score (nSPS) is 10.9. The summed E-state index contributed by atoms with van der Waals surface area (Å²) in [7, 11) is 0. The van der Waals surface area contributed by atoms with Crippen LogP contribution in [0.25, 0.3) is 11.3 Å². The number of anilines is 1. The molecule has 188 valence electrons. The minimum atomic E-state index is -0.878. The topological polar surface area (TPSA) is 92.3 Å². The SMILES string of the molecule is C=C(NNC(=O)Nc1nc(-c2ccccc2)cs1)C(C)(C)Oc1ccc(C(=O)c2ccc(Cl)cc2)cc1. The van der Waals surface area contributed by atoms with Crippen LogP contribution in [0.5, 0.6) is 5.75 Å². The van der Waals surface area contributed by atoms with Crippen LogP contribution in [-0.2, 0) is 0 Å². The van der Waals surface area contributed by atoms with E-state index in [1.807, 2.05) is 49.6 Å². The van der Waals surface area contributed by atoms with E-state index >= 15 is 0 Å². The minimum Gasteiger partial charge on any atom is -0.482 e. The largest absolute Gasteiger partial charge is 0.482 e. The maximum atomic E-state index is 12.7. The van der Waals surface area contributed by atoms with Gasteiger partial charge in [0.05, 0.1) is 11.4 Å². The monoisotopic (exact) mass is 532 g/mol. The molecule has 1 heterocycles. The van der Waals surface area contributed by atoms with Gasteiger partial charge in [-0.3, -0.25) is 21.0 Å². The standard InChI is InChI=1S/C28H25ClN4O3S/c1-18(32-33-26(35)31-27-30-24(17-37-27)19-7-5-4-6-8-19)28(2,3)36-23-15-11-21(12-16-23)25(34)20-9-13-22(29)14-10-20/h4-17,32H,1H2,2-3H3,(H2,30,31,33,35). The first-order valence-electron chi connectivity index (χ1n) is 11.3. The van der Waals surface area contributed by atoms with Gasteiger partial charge in [0.15, 0.2) is 10.9 Å². The zero-order valence-electron chi connectivity index (χ0n) is 20.2. The number of halogens is 1. The van der Waals surface area contributed by atoms with Crippen LogP contribution in [0.4, 0.5) is 9.93 Å². The number of amides is 2. The lowest BCUT2D eigenvalue weighted by molar-refractivity contribution is 0.103. The highest BCUT2D eigenvalue weighted by Crippen LogP contribution is 2.25. The summed E-state index contributed by atoms with van der Waals surface area (Å²) in [6, 6.07) is 22.8. The predicted molar refractivity (Wildman–Crippen MR) is 148 cm³/mol. The summed E-state index contributed by atoms with van der Waals surface area (Å²) < 4.78 is 6.05. The van der Waals surface area contributed by atoms with Gasteiger partial charge in [-0.2, -0.15) is 0 Å². The zero-order valence-corrected chi connectivity index (χ0v) is 21.8. The number of carbonyl (C=O) groups excluding carboxylic acids is 2. The van der Waals surface area contributed by atoms with Crippen molar-refractivity contribution in [3.63, 3.8) is 0 Å². The number of aromatic nitrogens is 1. The van der Waals surface area contributed by atoms with Gasteiger partial charge in [-0.25, -0.2) is 9.78 Å². The molecule has 7 nitrogen and oxygen atoms in total. The molecule has 0 saturated heterocycles. The number of carbonyl (C=O) groups is 2. The van der Waals surface area contributed by atoms with Crippen LogP contribution < -0.4 is 20.9 Å². The second-order valence-electron chi connectivity index (χ2n) is 8.56. The van der Waals surface area contributed by atoms with Gasteiger partial charge in [-0.1, -0.05) is 48.5 Å². The van der Waals surface area contributed by atoms with Gasteiger partial charge in [0.1, 0.15) is 11.4 Å². The third-order valence-electron chi connectivity index (χ3n) is 5.44. The molecule has 4 aromatic rings. The highest BCUT2D eigenvalue weighted by atomic mass is 35.5. The predicted octanol–water partition coefficient (Wildman–Crippen LogP) is 6.69. The zero-order chi connectivity index (χ0) is 26.4. The van der Waals surface area contributed by atoms with Crippen molar-refractivity contribution >= 4 is 39.9 Å². The van der Waals surface area contributed by atoms with Gasteiger partial charge < -0.3 is 4.74 Å². The fraction of sp³-hybridized carbons (Fsp3) is 0.107. The smallest absolute Gasteiger partial charge is 0.339 e. The molecule has 0 bridgehead atoms. The van der Waals surface area contributed by atoms with Crippen LogP contribution in [0.1, 0.15) is 29.8 Å². The molecule has 0 radical (unpaired) electrons. The third-order valence-corrected chi connectivity index (χ3v) is 6.45.